The number of benzene rings is 2. The second-order valence-corrected chi connectivity index (χ2v) is 9.25. The Kier molecular flexibility index (Phi) is 5.96. The minimum atomic E-state index is 0.0781. The molecule has 1 aliphatic heterocycles. The molecule has 32 heavy (non-hydrogen) atoms. The number of amides is 1. The van der Waals surface area contributed by atoms with Crippen LogP contribution in [0.3, 0.4) is 0 Å². The Hall–Kier alpha value is -3.10. The third-order valence-corrected chi connectivity index (χ3v) is 7.22. The Morgan fingerprint density at radius 2 is 1.88 bits per heavy atom. The number of thiophene rings is 1. The van der Waals surface area contributed by atoms with E-state index in [4.69, 9.17) is 4.74 Å². The fourth-order valence-corrected chi connectivity index (χ4v) is 5.48. The Morgan fingerprint density at radius 3 is 2.69 bits per heavy atom. The summed E-state index contributed by atoms with van der Waals surface area (Å²) in [6.07, 6.45) is 1.99. The predicted molar refractivity (Wildman–Crippen MR) is 129 cm³/mol. The Balaban J connectivity index is 1.45. The monoisotopic (exact) mass is 462 g/mol. The zero-order valence-electron chi connectivity index (χ0n) is 17.6. The summed E-state index contributed by atoms with van der Waals surface area (Å²) in [6.45, 7) is 0.746. The van der Waals surface area contributed by atoms with Crippen molar-refractivity contribution >= 4 is 34.7 Å². The molecule has 8 heteroatoms. The van der Waals surface area contributed by atoms with Gasteiger partial charge in [-0.2, -0.15) is 0 Å². The molecule has 2 aromatic heterocycles. The molecule has 1 amide bonds. The number of nitrogens with zero attached hydrogens (tertiary/aromatic N) is 4. The van der Waals surface area contributed by atoms with Gasteiger partial charge in [-0.15, -0.1) is 21.5 Å². The maximum absolute atomic E-state index is 13.2. The molecule has 0 fully saturated rings. The Bertz CT molecular complexity index is 1240. The molecule has 0 bridgehead atoms. The quantitative estimate of drug-likeness (QED) is 0.374. The van der Waals surface area contributed by atoms with Crippen molar-refractivity contribution in [2.45, 2.75) is 18.0 Å². The third-order valence-electron chi connectivity index (χ3n) is 5.44. The molecule has 162 valence electrons. The van der Waals surface area contributed by atoms with Gasteiger partial charge in [-0.1, -0.05) is 48.2 Å². The average Bonchev–Trinajstić information content (AvgIpc) is 3.52. The lowest BCUT2D eigenvalue weighted by atomic mass is 10.0. The molecule has 0 aliphatic carbocycles. The van der Waals surface area contributed by atoms with E-state index < -0.39 is 0 Å². The summed E-state index contributed by atoms with van der Waals surface area (Å²) in [5.74, 6) is 1.83. The average molecular weight is 463 g/mol. The first kappa shape index (κ1) is 20.8. The molecular weight excluding hydrogens is 440 g/mol. The first-order valence-electron chi connectivity index (χ1n) is 10.4. The second kappa shape index (κ2) is 9.18. The van der Waals surface area contributed by atoms with Crippen molar-refractivity contribution < 1.29 is 9.53 Å². The smallest absolute Gasteiger partial charge is 0.237 e. The molecular formula is C24H22N4O2S2. The summed E-state index contributed by atoms with van der Waals surface area (Å²) in [4.78, 5) is 16.1. The largest absolute Gasteiger partial charge is 0.495 e. The van der Waals surface area contributed by atoms with E-state index in [1.165, 1.54) is 17.3 Å². The van der Waals surface area contributed by atoms with Crippen LogP contribution in [0, 0.1) is 0 Å². The minimum Gasteiger partial charge on any atom is -0.495 e. The number of carbonyl (C=O) groups excluding carboxylic acids is 1. The highest BCUT2D eigenvalue weighted by atomic mass is 32.2. The second-order valence-electron chi connectivity index (χ2n) is 7.36. The van der Waals surface area contributed by atoms with Crippen LogP contribution in [0.2, 0.25) is 0 Å². The molecule has 4 aromatic rings. The summed E-state index contributed by atoms with van der Waals surface area (Å²) in [7, 11) is 1.65. The number of aromatic nitrogens is 3. The lowest BCUT2D eigenvalue weighted by Crippen LogP contribution is -2.36. The summed E-state index contributed by atoms with van der Waals surface area (Å²) in [6, 6.07) is 19.9. The number of aryl methyl sites for hydroxylation is 1. The van der Waals surface area contributed by atoms with Crippen LogP contribution in [-0.4, -0.2) is 40.1 Å². The number of hydrogen-bond donors (Lipinski definition) is 0. The third kappa shape index (κ3) is 3.91. The fourth-order valence-electron chi connectivity index (χ4n) is 3.96. The van der Waals surface area contributed by atoms with E-state index in [-0.39, 0.29) is 11.7 Å². The number of carbonyl (C=O) groups is 1. The summed E-state index contributed by atoms with van der Waals surface area (Å²) >= 11 is 3.01. The zero-order chi connectivity index (χ0) is 21.9. The summed E-state index contributed by atoms with van der Waals surface area (Å²) < 4.78 is 7.58. The molecule has 1 aliphatic rings. The van der Waals surface area contributed by atoms with Crippen molar-refractivity contribution in [3.8, 4) is 22.1 Å². The molecule has 0 radical (unpaired) electrons. The number of para-hydroxylation sites is 3. The van der Waals surface area contributed by atoms with E-state index in [0.29, 0.717) is 5.16 Å². The lowest BCUT2D eigenvalue weighted by Gasteiger charge is -2.29. The molecule has 2 aromatic carbocycles. The van der Waals surface area contributed by atoms with Gasteiger partial charge in [0.15, 0.2) is 11.0 Å². The predicted octanol–water partition coefficient (Wildman–Crippen LogP) is 5.08. The number of methoxy groups -OCH3 is 1. The number of fused-ring (bicyclic) bond motifs is 1. The molecule has 0 atom stereocenters. The molecule has 0 saturated carbocycles. The minimum absolute atomic E-state index is 0.0781. The van der Waals surface area contributed by atoms with Crippen LogP contribution in [-0.2, 0) is 11.2 Å². The molecule has 0 spiro atoms. The number of hydrogen-bond acceptors (Lipinski definition) is 6. The number of anilines is 1. The lowest BCUT2D eigenvalue weighted by molar-refractivity contribution is -0.116. The SMILES string of the molecule is COc1ccccc1-n1c(SCC(=O)N2CCCc3ccccc32)nnc1-c1cccs1. The maximum Gasteiger partial charge on any atom is 0.237 e. The van der Waals surface area contributed by atoms with Crippen LogP contribution in [0.4, 0.5) is 5.69 Å². The van der Waals surface area contributed by atoms with Crippen LogP contribution in [0.15, 0.2) is 71.2 Å². The van der Waals surface area contributed by atoms with Gasteiger partial charge in [-0.3, -0.25) is 9.36 Å². The van der Waals surface area contributed by atoms with Crippen molar-refractivity contribution in [2.24, 2.45) is 0 Å². The van der Waals surface area contributed by atoms with E-state index >= 15 is 0 Å². The molecule has 3 heterocycles. The fraction of sp³-hybridized carbons (Fsp3) is 0.208. The van der Waals surface area contributed by atoms with E-state index in [0.717, 1.165) is 47.2 Å². The van der Waals surface area contributed by atoms with Crippen LogP contribution >= 0.6 is 23.1 Å². The van der Waals surface area contributed by atoms with Gasteiger partial charge >= 0.3 is 0 Å². The number of thioether (sulfide) groups is 1. The van der Waals surface area contributed by atoms with Gasteiger partial charge in [-0.25, -0.2) is 0 Å². The first-order valence-corrected chi connectivity index (χ1v) is 12.3. The standard InChI is InChI=1S/C24H22N4O2S2/c1-30-20-12-5-4-11-19(20)28-23(21-13-7-15-31-21)25-26-24(28)32-16-22(29)27-14-6-9-17-8-2-3-10-18(17)27/h2-5,7-8,10-13,15H,6,9,14,16H2,1H3. The van der Waals surface area contributed by atoms with Crippen molar-refractivity contribution in [1.82, 2.24) is 14.8 Å². The molecule has 0 unspecified atom stereocenters. The summed E-state index contributed by atoms with van der Waals surface area (Å²) in [5, 5.41) is 11.6. The van der Waals surface area contributed by atoms with Gasteiger partial charge in [0, 0.05) is 12.2 Å². The van der Waals surface area contributed by atoms with Crippen molar-refractivity contribution in [3.05, 3.63) is 71.6 Å². The Morgan fingerprint density at radius 1 is 1.06 bits per heavy atom. The van der Waals surface area contributed by atoms with Gasteiger partial charge < -0.3 is 9.64 Å². The van der Waals surface area contributed by atoms with Crippen molar-refractivity contribution in [2.75, 3.05) is 24.3 Å². The highest BCUT2D eigenvalue weighted by Gasteiger charge is 2.24. The van der Waals surface area contributed by atoms with Crippen molar-refractivity contribution in [1.29, 1.82) is 0 Å². The van der Waals surface area contributed by atoms with Gasteiger partial charge in [0.25, 0.3) is 0 Å². The van der Waals surface area contributed by atoms with Crippen LogP contribution in [0.25, 0.3) is 16.4 Å². The molecule has 0 saturated heterocycles. The zero-order valence-corrected chi connectivity index (χ0v) is 19.2. The normalized spacial score (nSPS) is 13.1. The van der Waals surface area contributed by atoms with Crippen molar-refractivity contribution in [3.63, 3.8) is 0 Å². The van der Waals surface area contributed by atoms with Gasteiger partial charge in [0.05, 0.1) is 23.4 Å². The van der Waals surface area contributed by atoms with Crippen LogP contribution < -0.4 is 9.64 Å². The van der Waals surface area contributed by atoms with E-state index in [1.54, 1.807) is 18.4 Å². The van der Waals surface area contributed by atoms with E-state index in [9.17, 15) is 4.79 Å². The molecule has 6 nitrogen and oxygen atoms in total. The number of ether oxygens (including phenoxy) is 1. The molecule has 0 N–H and O–H groups in total. The highest BCUT2D eigenvalue weighted by molar-refractivity contribution is 7.99. The van der Waals surface area contributed by atoms with Crippen LogP contribution in [0.1, 0.15) is 12.0 Å². The summed E-state index contributed by atoms with van der Waals surface area (Å²) in [5.41, 5.74) is 3.10. The van der Waals surface area contributed by atoms with Crippen LogP contribution in [0.5, 0.6) is 5.75 Å². The van der Waals surface area contributed by atoms with Gasteiger partial charge in [0.1, 0.15) is 5.75 Å². The Labute approximate surface area is 194 Å². The highest BCUT2D eigenvalue weighted by Crippen LogP contribution is 2.34. The maximum atomic E-state index is 13.2. The first-order chi connectivity index (χ1) is 15.8. The molecule has 5 rings (SSSR count). The van der Waals surface area contributed by atoms with Gasteiger partial charge in [-0.05, 0) is 48.1 Å². The topological polar surface area (TPSA) is 60.2 Å². The van der Waals surface area contributed by atoms with Gasteiger partial charge in [0.2, 0.25) is 5.91 Å². The number of rotatable bonds is 6. The van der Waals surface area contributed by atoms with E-state index in [2.05, 4.69) is 16.3 Å². The van der Waals surface area contributed by atoms with E-state index in [1.807, 2.05) is 69.4 Å².